The zero-order valence-electron chi connectivity index (χ0n) is 9.97. The van der Waals surface area contributed by atoms with Gasteiger partial charge in [0.15, 0.2) is 11.9 Å². The summed E-state index contributed by atoms with van der Waals surface area (Å²) < 4.78 is 15.4. The molecule has 0 radical (unpaired) electrons. The minimum atomic E-state index is -0.785. The van der Waals surface area contributed by atoms with E-state index >= 15 is 0 Å². The molecule has 0 N–H and O–H groups in total. The van der Waals surface area contributed by atoms with Gasteiger partial charge < -0.3 is 14.2 Å². The van der Waals surface area contributed by atoms with Gasteiger partial charge in [-0.15, -0.1) is 0 Å². The average Bonchev–Trinajstić information content (AvgIpc) is 2.21. The second-order valence-electron chi connectivity index (χ2n) is 3.55. The predicted molar refractivity (Wildman–Crippen MR) is 56.4 cm³/mol. The Morgan fingerprint density at radius 3 is 2.76 bits per heavy atom. The second kappa shape index (κ2) is 5.62. The van der Waals surface area contributed by atoms with Crippen LogP contribution in [0.1, 0.15) is 27.2 Å². The van der Waals surface area contributed by atoms with Crippen LogP contribution in [-0.2, 0) is 19.0 Å². The standard InChI is InChI=1S/C10H15NO6/c1-4-15-10-9(17-7(3)12)5-8(11(13)14)6(2)16-10/h9-10H,4-5H2,1-3H3/t9-,10+/m1/s1. The molecule has 0 unspecified atom stereocenters. The van der Waals surface area contributed by atoms with E-state index in [2.05, 4.69) is 0 Å². The minimum Gasteiger partial charge on any atom is -0.459 e. The molecule has 1 aliphatic heterocycles. The van der Waals surface area contributed by atoms with Crippen LogP contribution >= 0.6 is 0 Å². The molecular formula is C10H15NO6. The number of ether oxygens (including phenoxy) is 3. The van der Waals surface area contributed by atoms with E-state index in [1.54, 1.807) is 6.92 Å². The zero-order valence-corrected chi connectivity index (χ0v) is 9.97. The highest BCUT2D eigenvalue weighted by atomic mass is 16.7. The van der Waals surface area contributed by atoms with E-state index in [-0.39, 0.29) is 17.9 Å². The molecule has 1 heterocycles. The maximum absolute atomic E-state index is 10.9. The third-order valence-electron chi connectivity index (χ3n) is 2.27. The van der Waals surface area contributed by atoms with E-state index in [4.69, 9.17) is 14.2 Å². The molecule has 17 heavy (non-hydrogen) atoms. The molecule has 0 fully saturated rings. The Labute approximate surface area is 98.5 Å². The lowest BCUT2D eigenvalue weighted by Gasteiger charge is -2.29. The molecule has 1 aliphatic rings. The van der Waals surface area contributed by atoms with Crippen molar-refractivity contribution in [3.63, 3.8) is 0 Å². The first-order chi connectivity index (χ1) is 7.95. The van der Waals surface area contributed by atoms with Crippen molar-refractivity contribution in [1.29, 1.82) is 0 Å². The van der Waals surface area contributed by atoms with Gasteiger partial charge >= 0.3 is 5.97 Å². The van der Waals surface area contributed by atoms with Crippen LogP contribution in [0.3, 0.4) is 0 Å². The van der Waals surface area contributed by atoms with Crippen LogP contribution in [0, 0.1) is 10.1 Å². The maximum atomic E-state index is 10.9. The molecule has 7 heteroatoms. The van der Waals surface area contributed by atoms with Crippen molar-refractivity contribution in [1.82, 2.24) is 0 Å². The number of nitrogens with zero attached hydrogens (tertiary/aromatic N) is 1. The molecule has 96 valence electrons. The number of carbonyl (C=O) groups excluding carboxylic acids is 1. The fraction of sp³-hybridized carbons (Fsp3) is 0.700. The van der Waals surface area contributed by atoms with Crippen LogP contribution in [0.2, 0.25) is 0 Å². The number of allylic oxidation sites excluding steroid dienone is 1. The molecule has 2 atom stereocenters. The Morgan fingerprint density at radius 1 is 1.65 bits per heavy atom. The molecule has 0 aromatic heterocycles. The average molecular weight is 245 g/mol. The summed E-state index contributed by atoms with van der Waals surface area (Å²) in [7, 11) is 0. The molecule has 0 amide bonds. The van der Waals surface area contributed by atoms with E-state index in [1.165, 1.54) is 13.8 Å². The molecule has 0 spiro atoms. The first kappa shape index (κ1) is 13.4. The summed E-state index contributed by atoms with van der Waals surface area (Å²) in [6, 6.07) is 0. The summed E-state index contributed by atoms with van der Waals surface area (Å²) in [6.45, 7) is 4.86. The van der Waals surface area contributed by atoms with E-state index in [1.807, 2.05) is 0 Å². The SMILES string of the molecule is CCO[C@H]1OC(C)=C([N+](=O)[O-])C[C@H]1OC(C)=O. The quantitative estimate of drug-likeness (QED) is 0.420. The van der Waals surface area contributed by atoms with Gasteiger partial charge in [-0.05, 0) is 6.92 Å². The molecule has 0 aromatic rings. The number of nitro groups is 1. The lowest BCUT2D eigenvalue weighted by molar-refractivity contribution is -0.438. The fourth-order valence-corrected chi connectivity index (χ4v) is 1.57. The number of esters is 1. The van der Waals surface area contributed by atoms with Crippen LogP contribution in [0.5, 0.6) is 0 Å². The molecule has 0 bridgehead atoms. The minimum absolute atomic E-state index is 0.0108. The first-order valence-corrected chi connectivity index (χ1v) is 5.25. The smallest absolute Gasteiger partial charge is 0.303 e. The van der Waals surface area contributed by atoms with E-state index in [9.17, 15) is 14.9 Å². The summed E-state index contributed by atoms with van der Waals surface area (Å²) in [4.78, 5) is 21.1. The number of rotatable bonds is 4. The Morgan fingerprint density at radius 2 is 2.29 bits per heavy atom. The van der Waals surface area contributed by atoms with Gasteiger partial charge in [0.1, 0.15) is 0 Å². The van der Waals surface area contributed by atoms with Crippen LogP contribution in [0.4, 0.5) is 0 Å². The summed E-state index contributed by atoms with van der Waals surface area (Å²) in [5.74, 6) is -0.331. The maximum Gasteiger partial charge on any atom is 0.303 e. The van der Waals surface area contributed by atoms with Gasteiger partial charge in [0.2, 0.25) is 6.29 Å². The van der Waals surface area contributed by atoms with E-state index in [0.717, 1.165) is 0 Å². The third-order valence-corrected chi connectivity index (χ3v) is 2.27. The lowest BCUT2D eigenvalue weighted by atomic mass is 10.1. The van der Waals surface area contributed by atoms with Crippen LogP contribution in [0.15, 0.2) is 11.5 Å². The third kappa shape index (κ3) is 3.42. The highest BCUT2D eigenvalue weighted by molar-refractivity contribution is 5.66. The van der Waals surface area contributed by atoms with Gasteiger partial charge in [0.05, 0.1) is 11.3 Å². The molecule has 1 rings (SSSR count). The van der Waals surface area contributed by atoms with Gasteiger partial charge in [-0.1, -0.05) is 0 Å². The van der Waals surface area contributed by atoms with E-state index in [0.29, 0.717) is 6.61 Å². The Kier molecular flexibility index (Phi) is 4.45. The number of hydrogen-bond donors (Lipinski definition) is 0. The Balaban J connectivity index is 2.86. The normalized spacial score (nSPS) is 24.2. The molecule has 0 aromatic carbocycles. The molecule has 0 saturated carbocycles. The van der Waals surface area contributed by atoms with Crippen molar-refractivity contribution in [2.24, 2.45) is 0 Å². The number of carbonyl (C=O) groups is 1. The summed E-state index contributed by atoms with van der Waals surface area (Å²) in [6.07, 6.45) is -1.58. The summed E-state index contributed by atoms with van der Waals surface area (Å²) >= 11 is 0. The fourth-order valence-electron chi connectivity index (χ4n) is 1.57. The van der Waals surface area contributed by atoms with Gasteiger partial charge in [-0.3, -0.25) is 14.9 Å². The first-order valence-electron chi connectivity index (χ1n) is 5.25. The Bertz CT molecular complexity index is 351. The van der Waals surface area contributed by atoms with Gasteiger partial charge in [0.25, 0.3) is 5.70 Å². The predicted octanol–water partition coefficient (Wildman–Crippen LogP) is 1.21. The second-order valence-corrected chi connectivity index (χ2v) is 3.55. The largest absolute Gasteiger partial charge is 0.459 e. The van der Waals surface area contributed by atoms with Crippen LogP contribution in [-0.4, -0.2) is 29.9 Å². The zero-order chi connectivity index (χ0) is 13.0. The van der Waals surface area contributed by atoms with Crippen molar-refractivity contribution in [3.8, 4) is 0 Å². The van der Waals surface area contributed by atoms with Gasteiger partial charge in [-0.25, -0.2) is 0 Å². The van der Waals surface area contributed by atoms with Gasteiger partial charge in [0, 0.05) is 20.5 Å². The Hall–Kier alpha value is -1.63. The highest BCUT2D eigenvalue weighted by Crippen LogP contribution is 2.27. The van der Waals surface area contributed by atoms with Crippen LogP contribution in [0.25, 0.3) is 0 Å². The topological polar surface area (TPSA) is 87.9 Å². The highest BCUT2D eigenvalue weighted by Gasteiger charge is 2.38. The van der Waals surface area contributed by atoms with Crippen molar-refractivity contribution in [2.75, 3.05) is 6.61 Å². The van der Waals surface area contributed by atoms with Crippen molar-refractivity contribution in [3.05, 3.63) is 21.6 Å². The van der Waals surface area contributed by atoms with Crippen molar-refractivity contribution < 1.29 is 23.9 Å². The van der Waals surface area contributed by atoms with Crippen molar-refractivity contribution in [2.45, 2.75) is 39.6 Å². The van der Waals surface area contributed by atoms with Crippen LogP contribution < -0.4 is 0 Å². The van der Waals surface area contributed by atoms with Crippen molar-refractivity contribution >= 4 is 5.97 Å². The molecule has 0 saturated heterocycles. The monoisotopic (exact) mass is 245 g/mol. The summed E-state index contributed by atoms with van der Waals surface area (Å²) in [5, 5.41) is 10.7. The lowest BCUT2D eigenvalue weighted by Crippen LogP contribution is -2.39. The molecule has 7 nitrogen and oxygen atoms in total. The number of hydrogen-bond acceptors (Lipinski definition) is 6. The van der Waals surface area contributed by atoms with E-state index < -0.39 is 23.3 Å². The molecule has 0 aliphatic carbocycles. The molecular weight excluding hydrogens is 230 g/mol. The summed E-state index contributed by atoms with van der Waals surface area (Å²) in [5.41, 5.74) is -0.0906. The van der Waals surface area contributed by atoms with Gasteiger partial charge in [-0.2, -0.15) is 0 Å².